The van der Waals surface area contributed by atoms with Crippen LogP contribution in [0.2, 0.25) is 0 Å². The van der Waals surface area contributed by atoms with Gasteiger partial charge in [-0.1, -0.05) is 26.8 Å². The van der Waals surface area contributed by atoms with Gasteiger partial charge in [0.25, 0.3) is 5.91 Å². The molecule has 2 unspecified atom stereocenters. The van der Waals surface area contributed by atoms with Crippen molar-refractivity contribution in [1.82, 2.24) is 15.2 Å². The molecule has 0 bridgehead atoms. The van der Waals surface area contributed by atoms with Gasteiger partial charge in [-0.25, -0.2) is 9.78 Å². The lowest BCUT2D eigenvalue weighted by atomic mass is 9.64. The number of thiophene rings is 1. The Labute approximate surface area is 177 Å². The van der Waals surface area contributed by atoms with E-state index in [9.17, 15) is 14.4 Å². The van der Waals surface area contributed by atoms with E-state index in [0.29, 0.717) is 23.9 Å². The highest BCUT2D eigenvalue weighted by Crippen LogP contribution is 2.46. The third-order valence-electron chi connectivity index (χ3n) is 5.45. The SMILES string of the molecule is CC1CC(C)(C)CC2(C1)NC(=O)N(CC(=O)Nc1nc(-c3cccs3)cs1)C2=O. The molecule has 4 rings (SSSR count). The maximum atomic E-state index is 13.1. The number of carbonyl (C=O) groups excluding carboxylic acids is 3. The molecule has 2 atom stereocenters. The highest BCUT2D eigenvalue weighted by molar-refractivity contribution is 7.16. The van der Waals surface area contributed by atoms with Gasteiger partial charge in [0.05, 0.1) is 10.6 Å². The van der Waals surface area contributed by atoms with Crippen LogP contribution >= 0.6 is 22.7 Å². The number of hydrogen-bond acceptors (Lipinski definition) is 6. The number of nitrogens with zero attached hydrogens (tertiary/aromatic N) is 2. The number of hydrogen-bond donors (Lipinski definition) is 2. The summed E-state index contributed by atoms with van der Waals surface area (Å²) in [4.78, 5) is 44.6. The van der Waals surface area contributed by atoms with Crippen LogP contribution in [0.3, 0.4) is 0 Å². The summed E-state index contributed by atoms with van der Waals surface area (Å²) in [6.07, 6.45) is 2.20. The molecule has 2 aliphatic rings. The Kier molecular flexibility index (Phi) is 4.98. The molecule has 1 spiro atoms. The number of carbonyl (C=O) groups is 3. The fourth-order valence-electron chi connectivity index (χ4n) is 4.82. The molecule has 2 N–H and O–H groups in total. The first-order chi connectivity index (χ1) is 13.7. The van der Waals surface area contributed by atoms with E-state index >= 15 is 0 Å². The first-order valence-corrected chi connectivity index (χ1v) is 11.4. The molecule has 29 heavy (non-hydrogen) atoms. The zero-order valence-electron chi connectivity index (χ0n) is 16.7. The van der Waals surface area contributed by atoms with E-state index in [1.54, 1.807) is 11.3 Å². The Bertz CT molecular complexity index is 953. The molecule has 1 saturated carbocycles. The molecule has 1 saturated heterocycles. The first kappa shape index (κ1) is 20.0. The molecular formula is C20H24N4O3S2. The van der Waals surface area contributed by atoms with Gasteiger partial charge < -0.3 is 10.6 Å². The van der Waals surface area contributed by atoms with Crippen molar-refractivity contribution in [2.75, 3.05) is 11.9 Å². The molecule has 0 aromatic carbocycles. The molecule has 154 valence electrons. The van der Waals surface area contributed by atoms with E-state index in [-0.39, 0.29) is 17.9 Å². The molecule has 1 aliphatic carbocycles. The smallest absolute Gasteiger partial charge is 0.323 e. The van der Waals surface area contributed by atoms with Crippen LogP contribution in [-0.4, -0.2) is 39.8 Å². The molecule has 2 aromatic rings. The van der Waals surface area contributed by atoms with Crippen molar-refractivity contribution < 1.29 is 14.4 Å². The van der Waals surface area contributed by atoms with Crippen LogP contribution in [0.25, 0.3) is 10.6 Å². The van der Waals surface area contributed by atoms with Crippen LogP contribution in [0.5, 0.6) is 0 Å². The van der Waals surface area contributed by atoms with Gasteiger partial charge in [0.15, 0.2) is 5.13 Å². The van der Waals surface area contributed by atoms with E-state index in [0.717, 1.165) is 21.9 Å². The van der Waals surface area contributed by atoms with Crippen LogP contribution in [0, 0.1) is 11.3 Å². The predicted octanol–water partition coefficient (Wildman–Crippen LogP) is 3.95. The monoisotopic (exact) mass is 432 g/mol. The molecule has 0 radical (unpaired) electrons. The molecule has 4 amide bonds. The third kappa shape index (κ3) is 3.93. The summed E-state index contributed by atoms with van der Waals surface area (Å²) in [6, 6.07) is 3.41. The minimum Gasteiger partial charge on any atom is -0.323 e. The third-order valence-corrected chi connectivity index (χ3v) is 7.10. The van der Waals surface area contributed by atoms with E-state index < -0.39 is 17.5 Å². The highest BCUT2D eigenvalue weighted by atomic mass is 32.1. The summed E-state index contributed by atoms with van der Waals surface area (Å²) in [5.41, 5.74) is -0.142. The Hall–Kier alpha value is -2.26. The van der Waals surface area contributed by atoms with Gasteiger partial charge in [-0.15, -0.1) is 22.7 Å². The summed E-state index contributed by atoms with van der Waals surface area (Å²) < 4.78 is 0. The van der Waals surface area contributed by atoms with E-state index in [1.807, 2.05) is 22.9 Å². The van der Waals surface area contributed by atoms with Crippen molar-refractivity contribution >= 4 is 45.7 Å². The normalized spacial score (nSPS) is 26.0. The average molecular weight is 433 g/mol. The predicted molar refractivity (Wildman–Crippen MR) is 114 cm³/mol. The van der Waals surface area contributed by atoms with Gasteiger partial charge in [-0.2, -0.15) is 0 Å². The summed E-state index contributed by atoms with van der Waals surface area (Å²) in [5.74, 6) is -0.404. The minimum absolute atomic E-state index is 0.0437. The number of thiazole rings is 1. The van der Waals surface area contributed by atoms with Gasteiger partial charge in [-0.05, 0) is 42.0 Å². The molecule has 2 fully saturated rings. The van der Waals surface area contributed by atoms with Crippen LogP contribution in [0.15, 0.2) is 22.9 Å². The number of anilines is 1. The largest absolute Gasteiger partial charge is 0.325 e. The Morgan fingerprint density at radius 3 is 2.83 bits per heavy atom. The minimum atomic E-state index is -0.897. The first-order valence-electron chi connectivity index (χ1n) is 9.61. The maximum absolute atomic E-state index is 13.1. The lowest BCUT2D eigenvalue weighted by molar-refractivity contribution is -0.136. The van der Waals surface area contributed by atoms with Crippen molar-refractivity contribution in [3.63, 3.8) is 0 Å². The van der Waals surface area contributed by atoms with Crippen molar-refractivity contribution in [2.45, 2.75) is 45.6 Å². The fourth-order valence-corrected chi connectivity index (χ4v) is 6.31. The van der Waals surface area contributed by atoms with Gasteiger partial charge in [-0.3, -0.25) is 14.5 Å². The summed E-state index contributed by atoms with van der Waals surface area (Å²) >= 11 is 2.89. The lowest BCUT2D eigenvalue weighted by Gasteiger charge is -2.43. The topological polar surface area (TPSA) is 91.4 Å². The molecule has 2 aromatic heterocycles. The molecular weight excluding hydrogens is 408 g/mol. The van der Waals surface area contributed by atoms with Crippen molar-refractivity contribution in [3.05, 3.63) is 22.9 Å². The zero-order chi connectivity index (χ0) is 20.8. The number of urea groups is 1. The van der Waals surface area contributed by atoms with Crippen LogP contribution < -0.4 is 10.6 Å². The quantitative estimate of drug-likeness (QED) is 0.716. The van der Waals surface area contributed by atoms with E-state index in [1.165, 1.54) is 11.3 Å². The summed E-state index contributed by atoms with van der Waals surface area (Å²) in [5, 5.41) is 9.89. The zero-order valence-corrected chi connectivity index (χ0v) is 18.3. The standard InChI is InChI=1S/C20H24N4O3S2/c1-12-7-19(2,3)11-20(8-12)16(26)24(18(27)23-20)9-15(25)22-17-21-13(10-29-17)14-5-4-6-28-14/h4-6,10,12H,7-9,11H2,1-3H3,(H,23,27)(H,21,22,25). The number of amides is 4. The Morgan fingerprint density at radius 1 is 1.34 bits per heavy atom. The molecule has 1 aliphatic heterocycles. The number of rotatable bonds is 4. The Balaban J connectivity index is 1.43. The van der Waals surface area contributed by atoms with Crippen molar-refractivity contribution in [2.24, 2.45) is 11.3 Å². The molecule has 7 nitrogen and oxygen atoms in total. The summed E-state index contributed by atoms with van der Waals surface area (Å²) in [6.45, 7) is 6.03. The number of nitrogens with one attached hydrogen (secondary N) is 2. The van der Waals surface area contributed by atoms with E-state index in [2.05, 4.69) is 36.4 Å². The van der Waals surface area contributed by atoms with Crippen molar-refractivity contribution in [3.8, 4) is 10.6 Å². The average Bonchev–Trinajstić information content (AvgIpc) is 3.31. The lowest BCUT2D eigenvalue weighted by Crippen LogP contribution is -2.54. The van der Waals surface area contributed by atoms with Gasteiger partial charge in [0.2, 0.25) is 5.91 Å². The highest BCUT2D eigenvalue weighted by Gasteiger charge is 2.56. The van der Waals surface area contributed by atoms with Gasteiger partial charge >= 0.3 is 6.03 Å². The van der Waals surface area contributed by atoms with Crippen LogP contribution in [0.1, 0.15) is 40.0 Å². The van der Waals surface area contributed by atoms with Crippen LogP contribution in [0.4, 0.5) is 9.93 Å². The second-order valence-corrected chi connectivity index (χ2v) is 10.6. The summed E-state index contributed by atoms with van der Waals surface area (Å²) in [7, 11) is 0. The maximum Gasteiger partial charge on any atom is 0.325 e. The van der Waals surface area contributed by atoms with Gasteiger partial charge in [0.1, 0.15) is 12.1 Å². The molecule has 9 heteroatoms. The molecule has 3 heterocycles. The Morgan fingerprint density at radius 2 is 2.14 bits per heavy atom. The van der Waals surface area contributed by atoms with Crippen molar-refractivity contribution in [1.29, 1.82) is 0 Å². The van der Waals surface area contributed by atoms with E-state index in [4.69, 9.17) is 0 Å². The second-order valence-electron chi connectivity index (χ2n) is 8.82. The number of aromatic nitrogens is 1. The second kappa shape index (κ2) is 7.21. The number of imide groups is 1. The van der Waals surface area contributed by atoms with Gasteiger partial charge in [0, 0.05) is 5.38 Å². The fraction of sp³-hybridized carbons (Fsp3) is 0.500. The van der Waals surface area contributed by atoms with Crippen LogP contribution in [-0.2, 0) is 9.59 Å².